The number of nitrogens with zero attached hydrogens (tertiary/aromatic N) is 2. The van der Waals surface area contributed by atoms with Crippen LogP contribution in [0.5, 0.6) is 0 Å². The molecule has 1 aromatic carbocycles. The van der Waals surface area contributed by atoms with Gasteiger partial charge in [-0.3, -0.25) is 4.79 Å². The molecular formula is C14H11IN2O2S. The van der Waals surface area contributed by atoms with Crippen LogP contribution >= 0.6 is 33.9 Å². The first kappa shape index (κ1) is 13.6. The molecule has 1 amide bonds. The average Bonchev–Trinajstić information content (AvgIpc) is 3.08. The summed E-state index contributed by atoms with van der Waals surface area (Å²) in [4.78, 5) is 12.7. The summed E-state index contributed by atoms with van der Waals surface area (Å²) in [6.45, 7) is 1.49. The zero-order chi connectivity index (χ0) is 14.1. The van der Waals surface area contributed by atoms with E-state index in [-0.39, 0.29) is 5.91 Å². The van der Waals surface area contributed by atoms with Crippen molar-refractivity contribution >= 4 is 45.7 Å². The number of ether oxygens (including phenoxy) is 1. The summed E-state index contributed by atoms with van der Waals surface area (Å²) in [6.07, 6.45) is -0.458. The van der Waals surface area contributed by atoms with Gasteiger partial charge in [0.1, 0.15) is 0 Å². The first-order chi connectivity index (χ1) is 9.65. The molecule has 0 saturated heterocycles. The molecule has 0 radical (unpaired) electrons. The summed E-state index contributed by atoms with van der Waals surface area (Å²) in [5.74, 6) is 0.348. The van der Waals surface area contributed by atoms with Crippen LogP contribution in [0, 0.1) is 3.57 Å². The highest BCUT2D eigenvalue weighted by Crippen LogP contribution is 2.32. The van der Waals surface area contributed by atoms with Crippen LogP contribution in [0.1, 0.15) is 23.6 Å². The Kier molecular flexibility index (Phi) is 3.75. The number of amides is 1. The number of hydrogen-bond acceptors (Lipinski definition) is 4. The number of thiophene rings is 1. The van der Waals surface area contributed by atoms with Crippen LogP contribution in [0.2, 0.25) is 0 Å². The van der Waals surface area contributed by atoms with Crippen LogP contribution in [0.3, 0.4) is 0 Å². The fourth-order valence-electron chi connectivity index (χ4n) is 1.92. The number of benzene rings is 1. The zero-order valence-corrected chi connectivity index (χ0v) is 13.6. The van der Waals surface area contributed by atoms with Crippen molar-refractivity contribution in [2.24, 2.45) is 5.10 Å². The quantitative estimate of drug-likeness (QED) is 0.726. The molecule has 2 aromatic rings. The predicted octanol–water partition coefficient (Wildman–Crippen LogP) is 3.59. The highest BCUT2D eigenvalue weighted by molar-refractivity contribution is 14.1. The van der Waals surface area contributed by atoms with Crippen molar-refractivity contribution in [2.75, 3.05) is 0 Å². The molecule has 0 aliphatic carbocycles. The van der Waals surface area contributed by atoms with Crippen LogP contribution < -0.4 is 0 Å². The van der Waals surface area contributed by atoms with Crippen LogP contribution in [-0.2, 0) is 9.53 Å². The van der Waals surface area contributed by atoms with Crippen LogP contribution in [0.4, 0.5) is 0 Å². The molecule has 4 nitrogen and oxygen atoms in total. The molecule has 1 aliphatic rings. The summed E-state index contributed by atoms with van der Waals surface area (Å²) in [5, 5.41) is 7.67. The Bertz CT molecular complexity index is 670. The van der Waals surface area contributed by atoms with Crippen molar-refractivity contribution in [1.29, 1.82) is 0 Å². The molecular weight excluding hydrogens is 387 g/mol. The minimum atomic E-state index is -0.458. The van der Waals surface area contributed by atoms with E-state index in [0.717, 1.165) is 14.0 Å². The van der Waals surface area contributed by atoms with Gasteiger partial charge < -0.3 is 4.74 Å². The van der Waals surface area contributed by atoms with E-state index in [1.54, 1.807) is 11.3 Å². The monoisotopic (exact) mass is 398 g/mol. The van der Waals surface area contributed by atoms with Crippen LogP contribution in [-0.4, -0.2) is 16.8 Å². The first-order valence-corrected chi connectivity index (χ1v) is 7.95. The van der Waals surface area contributed by atoms with Gasteiger partial charge in [-0.05, 0) is 52.2 Å². The average molecular weight is 398 g/mol. The number of carbonyl (C=O) groups is 1. The lowest BCUT2D eigenvalue weighted by Gasteiger charge is -2.17. The second kappa shape index (κ2) is 5.53. The molecule has 1 aromatic heterocycles. The third-order valence-corrected chi connectivity index (χ3v) is 4.40. The Hall–Kier alpha value is -1.41. The van der Waals surface area contributed by atoms with Crippen molar-refractivity contribution in [2.45, 2.75) is 13.2 Å². The summed E-state index contributed by atoms with van der Waals surface area (Å²) >= 11 is 3.79. The third kappa shape index (κ3) is 2.57. The van der Waals surface area contributed by atoms with Gasteiger partial charge in [-0.1, -0.05) is 12.1 Å². The van der Waals surface area contributed by atoms with Gasteiger partial charge in [-0.2, -0.15) is 5.01 Å². The molecule has 20 heavy (non-hydrogen) atoms. The first-order valence-electron chi connectivity index (χ1n) is 5.99. The van der Waals surface area contributed by atoms with Gasteiger partial charge >= 0.3 is 0 Å². The number of carbonyl (C=O) groups excluding carboxylic acids is 1. The Balaban J connectivity index is 1.95. The number of rotatable bonds is 2. The van der Waals surface area contributed by atoms with Gasteiger partial charge in [0.2, 0.25) is 18.0 Å². The molecule has 1 aliphatic heterocycles. The molecule has 6 heteroatoms. The summed E-state index contributed by atoms with van der Waals surface area (Å²) in [7, 11) is 0. The van der Waals surface area contributed by atoms with Gasteiger partial charge in [0.05, 0.1) is 4.88 Å². The lowest BCUT2D eigenvalue weighted by atomic mass is 10.2. The molecule has 3 rings (SSSR count). The summed E-state index contributed by atoms with van der Waals surface area (Å²) < 4.78 is 6.98. The Labute approximate surface area is 134 Å². The molecule has 0 fully saturated rings. The summed E-state index contributed by atoms with van der Waals surface area (Å²) in [5.41, 5.74) is 0.877. The van der Waals surface area contributed by atoms with Crippen molar-refractivity contribution in [1.82, 2.24) is 5.01 Å². The second-order valence-corrected chi connectivity index (χ2v) is 6.49. The number of hydrazone groups is 1. The fourth-order valence-corrected chi connectivity index (χ4v) is 3.20. The molecule has 0 spiro atoms. The van der Waals surface area contributed by atoms with Gasteiger partial charge in [0, 0.05) is 16.1 Å². The number of hydrogen-bond donors (Lipinski definition) is 0. The van der Waals surface area contributed by atoms with Crippen LogP contribution in [0.15, 0.2) is 46.9 Å². The SMILES string of the molecule is CC(=O)N1N=C(c2cccc(I)c2)O[C@H]1c1cccs1. The highest BCUT2D eigenvalue weighted by Gasteiger charge is 2.33. The van der Waals surface area contributed by atoms with Gasteiger partial charge in [0.15, 0.2) is 0 Å². The minimum absolute atomic E-state index is 0.135. The number of halogens is 1. The van der Waals surface area contributed by atoms with E-state index in [0.29, 0.717) is 5.90 Å². The fraction of sp³-hybridized carbons (Fsp3) is 0.143. The van der Waals surface area contributed by atoms with Crippen molar-refractivity contribution < 1.29 is 9.53 Å². The molecule has 1 atom stereocenters. The van der Waals surface area contributed by atoms with Crippen molar-refractivity contribution in [3.8, 4) is 0 Å². The molecule has 2 heterocycles. The maximum absolute atomic E-state index is 11.7. The van der Waals surface area contributed by atoms with E-state index in [1.807, 2.05) is 41.8 Å². The van der Waals surface area contributed by atoms with Gasteiger partial charge in [-0.25, -0.2) is 0 Å². The van der Waals surface area contributed by atoms with Gasteiger partial charge in [0.25, 0.3) is 0 Å². The smallest absolute Gasteiger partial charge is 0.243 e. The van der Waals surface area contributed by atoms with E-state index < -0.39 is 6.23 Å². The lowest BCUT2D eigenvalue weighted by molar-refractivity contribution is -0.135. The van der Waals surface area contributed by atoms with Gasteiger partial charge in [-0.15, -0.1) is 16.4 Å². The molecule has 0 N–H and O–H groups in total. The molecule has 0 bridgehead atoms. The standard InChI is InChI=1S/C14H11IN2O2S/c1-9(18)17-14(12-6-3-7-20-12)19-13(16-17)10-4-2-5-11(15)8-10/h2-8,14H,1H3/t14-/m0/s1. The molecule has 0 unspecified atom stereocenters. The Morgan fingerprint density at radius 3 is 2.90 bits per heavy atom. The van der Waals surface area contributed by atoms with Crippen LogP contribution in [0.25, 0.3) is 0 Å². The lowest BCUT2D eigenvalue weighted by Crippen LogP contribution is -2.24. The third-order valence-electron chi connectivity index (χ3n) is 2.82. The Morgan fingerprint density at radius 2 is 2.25 bits per heavy atom. The second-order valence-electron chi connectivity index (χ2n) is 4.26. The van der Waals surface area contributed by atoms with Crippen molar-refractivity contribution in [3.05, 3.63) is 55.8 Å². The van der Waals surface area contributed by atoms with Crippen molar-refractivity contribution in [3.63, 3.8) is 0 Å². The normalized spacial score (nSPS) is 17.8. The summed E-state index contributed by atoms with van der Waals surface area (Å²) in [6, 6.07) is 11.7. The highest BCUT2D eigenvalue weighted by atomic mass is 127. The molecule has 0 saturated carbocycles. The maximum Gasteiger partial charge on any atom is 0.243 e. The maximum atomic E-state index is 11.7. The predicted molar refractivity (Wildman–Crippen MR) is 86.4 cm³/mol. The van der Waals surface area contributed by atoms with E-state index in [2.05, 4.69) is 27.7 Å². The van der Waals surface area contributed by atoms with E-state index in [4.69, 9.17) is 4.74 Å². The Morgan fingerprint density at radius 1 is 1.40 bits per heavy atom. The topological polar surface area (TPSA) is 41.9 Å². The minimum Gasteiger partial charge on any atom is -0.445 e. The molecule has 102 valence electrons. The van der Waals surface area contributed by atoms with E-state index in [9.17, 15) is 4.79 Å². The largest absolute Gasteiger partial charge is 0.445 e. The van der Waals surface area contributed by atoms with E-state index in [1.165, 1.54) is 11.9 Å². The zero-order valence-electron chi connectivity index (χ0n) is 10.6. The van der Waals surface area contributed by atoms with E-state index >= 15 is 0 Å².